The zero-order valence-corrected chi connectivity index (χ0v) is 14.5. The maximum Gasteiger partial charge on any atom is 0.322 e. The summed E-state index contributed by atoms with van der Waals surface area (Å²) in [7, 11) is 4.58. The first-order chi connectivity index (χ1) is 12.7. The number of carbonyl (C=O) groups is 1. The van der Waals surface area contributed by atoms with Crippen LogP contribution in [0.5, 0.6) is 17.2 Å². The van der Waals surface area contributed by atoms with E-state index in [4.69, 9.17) is 18.6 Å². The highest BCUT2D eigenvalue weighted by atomic mass is 16.5. The fourth-order valence-electron chi connectivity index (χ4n) is 2.35. The van der Waals surface area contributed by atoms with E-state index in [0.717, 1.165) is 0 Å². The zero-order chi connectivity index (χ0) is 18.5. The van der Waals surface area contributed by atoms with Crippen LogP contribution in [-0.2, 0) is 0 Å². The summed E-state index contributed by atoms with van der Waals surface area (Å²) in [5.41, 5.74) is 0.940. The molecule has 0 atom stereocenters. The number of ether oxygens (including phenoxy) is 3. The molecule has 1 amide bonds. The lowest BCUT2D eigenvalue weighted by Crippen LogP contribution is -2.13. The van der Waals surface area contributed by atoms with E-state index in [2.05, 4.69) is 15.5 Å². The van der Waals surface area contributed by atoms with Gasteiger partial charge in [0.15, 0.2) is 0 Å². The van der Waals surface area contributed by atoms with Crippen molar-refractivity contribution in [1.29, 1.82) is 0 Å². The highest BCUT2D eigenvalue weighted by molar-refractivity contribution is 6.05. The Morgan fingerprint density at radius 3 is 2.46 bits per heavy atom. The third-order valence-electron chi connectivity index (χ3n) is 3.64. The minimum absolute atomic E-state index is 0.0335. The van der Waals surface area contributed by atoms with E-state index in [-0.39, 0.29) is 11.9 Å². The van der Waals surface area contributed by atoms with Crippen molar-refractivity contribution in [3.8, 4) is 28.7 Å². The Morgan fingerprint density at radius 1 is 0.962 bits per heavy atom. The van der Waals surface area contributed by atoms with Crippen molar-refractivity contribution >= 4 is 11.9 Å². The third kappa shape index (κ3) is 3.44. The third-order valence-corrected chi connectivity index (χ3v) is 3.64. The molecule has 0 saturated heterocycles. The van der Waals surface area contributed by atoms with Crippen LogP contribution in [0, 0.1) is 0 Å². The molecule has 0 spiro atoms. The smallest absolute Gasteiger partial charge is 0.322 e. The summed E-state index contributed by atoms with van der Waals surface area (Å²) >= 11 is 0. The molecule has 1 N–H and O–H groups in total. The van der Waals surface area contributed by atoms with Gasteiger partial charge < -0.3 is 18.6 Å². The summed E-state index contributed by atoms with van der Waals surface area (Å²) in [5.74, 6) is 1.38. The van der Waals surface area contributed by atoms with Crippen molar-refractivity contribution in [1.82, 2.24) is 10.2 Å². The van der Waals surface area contributed by atoms with Gasteiger partial charge in [-0.25, -0.2) is 0 Å². The fraction of sp³-hybridized carbons (Fsp3) is 0.167. The van der Waals surface area contributed by atoms with Gasteiger partial charge in [-0.15, -0.1) is 5.10 Å². The van der Waals surface area contributed by atoms with Crippen LogP contribution in [0.3, 0.4) is 0 Å². The normalized spacial score (nSPS) is 10.3. The topological polar surface area (TPSA) is 95.7 Å². The Hall–Kier alpha value is -3.55. The molecule has 26 heavy (non-hydrogen) atoms. The van der Waals surface area contributed by atoms with Gasteiger partial charge in [-0.3, -0.25) is 10.1 Å². The molecular weight excluding hydrogens is 338 g/mol. The Balaban J connectivity index is 1.83. The van der Waals surface area contributed by atoms with Crippen molar-refractivity contribution in [3.63, 3.8) is 0 Å². The van der Waals surface area contributed by atoms with Crippen LogP contribution in [0.1, 0.15) is 10.4 Å². The number of carbonyl (C=O) groups excluding carboxylic acids is 1. The van der Waals surface area contributed by atoms with E-state index in [0.29, 0.717) is 28.4 Å². The molecule has 0 aliphatic carbocycles. The van der Waals surface area contributed by atoms with E-state index < -0.39 is 5.91 Å². The van der Waals surface area contributed by atoms with E-state index in [1.807, 2.05) is 0 Å². The molecule has 1 aromatic heterocycles. The molecule has 0 aliphatic heterocycles. The zero-order valence-electron chi connectivity index (χ0n) is 14.5. The number of aromatic nitrogens is 2. The van der Waals surface area contributed by atoms with Crippen molar-refractivity contribution in [2.75, 3.05) is 26.6 Å². The summed E-state index contributed by atoms with van der Waals surface area (Å²) in [4.78, 5) is 12.4. The lowest BCUT2D eigenvalue weighted by molar-refractivity contribution is 0.102. The first-order valence-electron chi connectivity index (χ1n) is 7.66. The van der Waals surface area contributed by atoms with Gasteiger partial charge >= 0.3 is 6.01 Å². The molecule has 3 rings (SSSR count). The summed E-state index contributed by atoms with van der Waals surface area (Å²) < 4.78 is 21.2. The summed E-state index contributed by atoms with van der Waals surface area (Å²) in [6, 6.07) is 12.0. The Labute approximate surface area is 149 Å². The number of amides is 1. The number of para-hydroxylation sites is 1. The quantitative estimate of drug-likeness (QED) is 0.726. The number of anilines is 1. The summed E-state index contributed by atoms with van der Waals surface area (Å²) in [6.45, 7) is 0. The minimum atomic E-state index is -0.417. The van der Waals surface area contributed by atoms with Gasteiger partial charge in [-0.2, -0.15) is 0 Å². The van der Waals surface area contributed by atoms with Gasteiger partial charge in [-0.05, 0) is 24.3 Å². The van der Waals surface area contributed by atoms with E-state index in [1.54, 1.807) is 49.6 Å². The molecule has 0 unspecified atom stereocenters. The molecule has 0 saturated carbocycles. The van der Waals surface area contributed by atoms with Gasteiger partial charge in [0.2, 0.25) is 0 Å². The molecule has 8 heteroatoms. The lowest BCUT2D eigenvalue weighted by Gasteiger charge is -2.07. The molecule has 2 aromatic carbocycles. The molecule has 0 bridgehead atoms. The average Bonchev–Trinajstić information content (AvgIpc) is 3.15. The van der Waals surface area contributed by atoms with Crippen LogP contribution in [-0.4, -0.2) is 37.4 Å². The molecule has 0 fully saturated rings. The molecular formula is C18H17N3O5. The molecule has 0 aliphatic rings. The largest absolute Gasteiger partial charge is 0.497 e. The van der Waals surface area contributed by atoms with Crippen LogP contribution in [0.2, 0.25) is 0 Å². The standard InChI is InChI=1S/C18H17N3O5/c1-23-11-8-9-13(15(10-11)25-3)17-20-21-18(26-17)19-16(22)12-6-4-5-7-14(12)24-2/h4-10H,1-3H3,(H,19,21,22). The van der Waals surface area contributed by atoms with Gasteiger partial charge in [0.1, 0.15) is 17.2 Å². The Kier molecular flexibility index (Phi) is 5.02. The fourth-order valence-corrected chi connectivity index (χ4v) is 2.35. The molecule has 1 heterocycles. The van der Waals surface area contributed by atoms with E-state index in [9.17, 15) is 4.79 Å². The number of hydrogen-bond donors (Lipinski definition) is 1. The number of nitrogens with one attached hydrogen (secondary N) is 1. The van der Waals surface area contributed by atoms with Gasteiger partial charge in [0.05, 0.1) is 32.5 Å². The first-order valence-corrected chi connectivity index (χ1v) is 7.66. The Morgan fingerprint density at radius 2 is 1.73 bits per heavy atom. The van der Waals surface area contributed by atoms with E-state index >= 15 is 0 Å². The highest BCUT2D eigenvalue weighted by Crippen LogP contribution is 2.33. The summed E-state index contributed by atoms with van der Waals surface area (Å²) in [5, 5.41) is 10.4. The average molecular weight is 355 g/mol. The molecule has 0 radical (unpaired) electrons. The minimum Gasteiger partial charge on any atom is -0.497 e. The second-order valence-electron chi connectivity index (χ2n) is 5.13. The van der Waals surface area contributed by atoms with Crippen molar-refractivity contribution in [3.05, 3.63) is 48.0 Å². The number of benzene rings is 2. The molecule has 134 valence electrons. The maximum absolute atomic E-state index is 12.4. The van der Waals surface area contributed by atoms with E-state index in [1.165, 1.54) is 14.2 Å². The van der Waals surface area contributed by atoms with Crippen molar-refractivity contribution in [2.45, 2.75) is 0 Å². The van der Waals surface area contributed by atoms with Crippen LogP contribution in [0.15, 0.2) is 46.9 Å². The van der Waals surface area contributed by atoms with Gasteiger partial charge in [-0.1, -0.05) is 17.2 Å². The number of rotatable bonds is 6. The van der Waals surface area contributed by atoms with Crippen LogP contribution in [0.4, 0.5) is 6.01 Å². The van der Waals surface area contributed by atoms with Crippen molar-refractivity contribution in [2.24, 2.45) is 0 Å². The lowest BCUT2D eigenvalue weighted by atomic mass is 10.2. The predicted octanol–water partition coefficient (Wildman–Crippen LogP) is 3.01. The second-order valence-corrected chi connectivity index (χ2v) is 5.13. The van der Waals surface area contributed by atoms with Gasteiger partial charge in [0.25, 0.3) is 11.8 Å². The van der Waals surface area contributed by atoms with Crippen molar-refractivity contribution < 1.29 is 23.4 Å². The maximum atomic E-state index is 12.4. The number of hydrogen-bond acceptors (Lipinski definition) is 7. The Bertz CT molecular complexity index is 923. The second kappa shape index (κ2) is 7.56. The summed E-state index contributed by atoms with van der Waals surface area (Å²) in [6.07, 6.45) is 0. The van der Waals surface area contributed by atoms with Crippen LogP contribution in [0.25, 0.3) is 11.5 Å². The molecule has 3 aromatic rings. The van der Waals surface area contributed by atoms with Crippen LogP contribution < -0.4 is 19.5 Å². The van der Waals surface area contributed by atoms with Gasteiger partial charge in [0, 0.05) is 6.07 Å². The number of nitrogens with zero attached hydrogens (tertiary/aromatic N) is 2. The SMILES string of the molecule is COc1ccc(-c2nnc(NC(=O)c3ccccc3OC)o2)c(OC)c1. The number of methoxy groups -OCH3 is 3. The highest BCUT2D eigenvalue weighted by Gasteiger charge is 2.18. The van der Waals surface area contributed by atoms with Crippen LogP contribution >= 0.6 is 0 Å². The predicted molar refractivity (Wildman–Crippen MR) is 93.8 cm³/mol. The monoisotopic (exact) mass is 355 g/mol. The molecule has 8 nitrogen and oxygen atoms in total. The first kappa shape index (κ1) is 17.3.